The highest BCUT2D eigenvalue weighted by atomic mass is 35.5. The molecule has 120 valence electrons. The Morgan fingerprint density at radius 2 is 1.96 bits per heavy atom. The summed E-state index contributed by atoms with van der Waals surface area (Å²) in [7, 11) is 0. The molecule has 0 aliphatic carbocycles. The molecule has 0 bridgehead atoms. The van der Waals surface area contributed by atoms with Gasteiger partial charge in [-0.25, -0.2) is 4.98 Å². The molecule has 0 saturated carbocycles. The number of imidazole rings is 1. The van der Waals surface area contributed by atoms with E-state index >= 15 is 0 Å². The molecular formula is C18H16ClN5. The summed E-state index contributed by atoms with van der Waals surface area (Å²) >= 11 is 6.35. The zero-order chi connectivity index (χ0) is 16.5. The SMILES string of the molecule is N[C@@H](Cc1ccccc1)c1nc(-c2ccc3cn[nH]c3c2)c(Cl)[nH]1. The number of nitrogens with one attached hydrogen (secondary N) is 2. The van der Waals surface area contributed by atoms with Crippen LogP contribution in [0.3, 0.4) is 0 Å². The number of hydrogen-bond donors (Lipinski definition) is 3. The zero-order valence-electron chi connectivity index (χ0n) is 12.8. The third-order valence-corrected chi connectivity index (χ3v) is 4.32. The lowest BCUT2D eigenvalue weighted by Crippen LogP contribution is -2.15. The number of nitrogens with zero attached hydrogens (tertiary/aromatic N) is 2. The van der Waals surface area contributed by atoms with Crippen LogP contribution in [0, 0.1) is 0 Å². The number of aromatic nitrogens is 4. The van der Waals surface area contributed by atoms with Gasteiger partial charge in [0.15, 0.2) is 0 Å². The Kier molecular flexibility index (Phi) is 3.80. The molecule has 0 aliphatic rings. The monoisotopic (exact) mass is 337 g/mol. The number of H-pyrrole nitrogens is 2. The van der Waals surface area contributed by atoms with Crippen molar-refractivity contribution in [2.75, 3.05) is 0 Å². The Morgan fingerprint density at radius 1 is 1.12 bits per heavy atom. The van der Waals surface area contributed by atoms with Crippen LogP contribution in [0.15, 0.2) is 54.7 Å². The molecule has 0 aliphatic heterocycles. The van der Waals surface area contributed by atoms with E-state index in [1.54, 1.807) is 6.20 Å². The number of nitrogens with two attached hydrogens (primary N) is 1. The zero-order valence-corrected chi connectivity index (χ0v) is 13.6. The van der Waals surface area contributed by atoms with Crippen LogP contribution in [0.2, 0.25) is 5.15 Å². The number of benzene rings is 2. The molecule has 2 heterocycles. The molecule has 0 fully saturated rings. The van der Waals surface area contributed by atoms with E-state index in [0.717, 1.165) is 22.0 Å². The highest BCUT2D eigenvalue weighted by Gasteiger charge is 2.16. The van der Waals surface area contributed by atoms with Gasteiger partial charge in [0.25, 0.3) is 0 Å². The minimum Gasteiger partial charge on any atom is -0.331 e. The fraction of sp³-hybridized carbons (Fsp3) is 0.111. The smallest absolute Gasteiger partial charge is 0.134 e. The Labute approximate surface area is 143 Å². The lowest BCUT2D eigenvalue weighted by Gasteiger charge is -2.08. The van der Waals surface area contributed by atoms with Crippen molar-refractivity contribution in [3.05, 3.63) is 71.3 Å². The molecule has 0 amide bonds. The van der Waals surface area contributed by atoms with E-state index in [9.17, 15) is 0 Å². The Balaban J connectivity index is 1.64. The maximum absolute atomic E-state index is 6.35. The van der Waals surface area contributed by atoms with Gasteiger partial charge in [-0.15, -0.1) is 0 Å². The third-order valence-electron chi connectivity index (χ3n) is 4.04. The van der Waals surface area contributed by atoms with E-state index in [4.69, 9.17) is 17.3 Å². The maximum atomic E-state index is 6.35. The largest absolute Gasteiger partial charge is 0.331 e. The van der Waals surface area contributed by atoms with Crippen molar-refractivity contribution < 1.29 is 0 Å². The van der Waals surface area contributed by atoms with Gasteiger partial charge in [-0.3, -0.25) is 5.10 Å². The first-order chi connectivity index (χ1) is 11.7. The fourth-order valence-corrected chi connectivity index (χ4v) is 3.03. The highest BCUT2D eigenvalue weighted by molar-refractivity contribution is 6.32. The summed E-state index contributed by atoms with van der Waals surface area (Å²) in [4.78, 5) is 7.73. The van der Waals surface area contributed by atoms with Crippen LogP contribution in [-0.4, -0.2) is 20.2 Å². The van der Waals surface area contributed by atoms with Gasteiger partial charge in [0.1, 0.15) is 16.7 Å². The molecule has 24 heavy (non-hydrogen) atoms. The van der Waals surface area contributed by atoms with Crippen molar-refractivity contribution in [1.82, 2.24) is 20.2 Å². The van der Waals surface area contributed by atoms with E-state index in [2.05, 4.69) is 32.3 Å². The molecule has 4 aromatic rings. The minimum absolute atomic E-state index is 0.241. The summed E-state index contributed by atoms with van der Waals surface area (Å²) in [5.74, 6) is 0.684. The second kappa shape index (κ2) is 6.11. The first kappa shape index (κ1) is 14.9. The van der Waals surface area contributed by atoms with Crippen LogP contribution in [0.25, 0.3) is 22.2 Å². The number of rotatable bonds is 4. The maximum Gasteiger partial charge on any atom is 0.134 e. The van der Waals surface area contributed by atoms with Gasteiger partial charge in [0, 0.05) is 10.9 Å². The molecule has 0 saturated heterocycles. The summed E-state index contributed by atoms with van der Waals surface area (Å²) in [6, 6.07) is 15.8. The van der Waals surface area contributed by atoms with Gasteiger partial charge >= 0.3 is 0 Å². The second-order valence-electron chi connectivity index (χ2n) is 5.75. The van der Waals surface area contributed by atoms with Crippen LogP contribution in [-0.2, 0) is 6.42 Å². The molecule has 4 rings (SSSR count). The van der Waals surface area contributed by atoms with Gasteiger partial charge in [-0.2, -0.15) is 5.10 Å². The fourth-order valence-electron chi connectivity index (χ4n) is 2.79. The lowest BCUT2D eigenvalue weighted by molar-refractivity contribution is 0.678. The van der Waals surface area contributed by atoms with Crippen molar-refractivity contribution in [3.8, 4) is 11.3 Å². The first-order valence-electron chi connectivity index (χ1n) is 7.69. The molecular weight excluding hydrogens is 322 g/mol. The van der Waals surface area contributed by atoms with E-state index in [1.807, 2.05) is 36.4 Å². The summed E-state index contributed by atoms with van der Waals surface area (Å²) in [6.07, 6.45) is 2.48. The normalized spacial score (nSPS) is 12.6. The van der Waals surface area contributed by atoms with E-state index in [1.165, 1.54) is 0 Å². The number of fused-ring (bicyclic) bond motifs is 1. The molecule has 2 aromatic carbocycles. The van der Waals surface area contributed by atoms with E-state index in [0.29, 0.717) is 23.1 Å². The summed E-state index contributed by atoms with van der Waals surface area (Å²) in [6.45, 7) is 0. The molecule has 1 atom stereocenters. The molecule has 0 spiro atoms. The quantitative estimate of drug-likeness (QED) is 0.529. The van der Waals surface area contributed by atoms with Crippen molar-refractivity contribution in [3.63, 3.8) is 0 Å². The van der Waals surface area contributed by atoms with Crippen LogP contribution in [0.5, 0.6) is 0 Å². The van der Waals surface area contributed by atoms with Gasteiger partial charge in [-0.1, -0.05) is 54.1 Å². The second-order valence-corrected chi connectivity index (χ2v) is 6.13. The Hall–Kier alpha value is -2.63. The Morgan fingerprint density at radius 3 is 2.79 bits per heavy atom. The van der Waals surface area contributed by atoms with Crippen LogP contribution in [0.4, 0.5) is 0 Å². The van der Waals surface area contributed by atoms with Gasteiger partial charge < -0.3 is 10.7 Å². The predicted molar refractivity (Wildman–Crippen MR) is 95.8 cm³/mol. The topological polar surface area (TPSA) is 83.4 Å². The third kappa shape index (κ3) is 2.79. The number of halogens is 1. The first-order valence-corrected chi connectivity index (χ1v) is 8.07. The average Bonchev–Trinajstić information content (AvgIpc) is 3.21. The van der Waals surface area contributed by atoms with E-state index in [-0.39, 0.29) is 6.04 Å². The van der Waals surface area contributed by atoms with Crippen LogP contribution >= 0.6 is 11.6 Å². The average molecular weight is 338 g/mol. The van der Waals surface area contributed by atoms with Crippen LogP contribution < -0.4 is 5.73 Å². The molecule has 5 nitrogen and oxygen atoms in total. The van der Waals surface area contributed by atoms with Gasteiger partial charge in [-0.05, 0) is 18.1 Å². The minimum atomic E-state index is -0.241. The molecule has 4 N–H and O–H groups in total. The summed E-state index contributed by atoms with van der Waals surface area (Å²) < 4.78 is 0. The summed E-state index contributed by atoms with van der Waals surface area (Å²) in [5.41, 5.74) is 10.0. The van der Waals surface area contributed by atoms with Gasteiger partial charge in [0.05, 0.1) is 17.8 Å². The number of aromatic amines is 2. The van der Waals surface area contributed by atoms with Crippen molar-refractivity contribution in [2.24, 2.45) is 5.73 Å². The van der Waals surface area contributed by atoms with Crippen molar-refractivity contribution in [1.29, 1.82) is 0 Å². The molecule has 0 unspecified atom stereocenters. The van der Waals surface area contributed by atoms with Crippen molar-refractivity contribution >= 4 is 22.5 Å². The Bertz CT molecular complexity index is 973. The number of hydrogen-bond acceptors (Lipinski definition) is 3. The van der Waals surface area contributed by atoms with Crippen molar-refractivity contribution in [2.45, 2.75) is 12.5 Å². The standard InChI is InChI=1S/C18H16ClN5/c19-17-16(12-6-7-13-10-21-24-15(13)9-12)22-18(23-17)14(20)8-11-4-2-1-3-5-11/h1-7,9-10,14H,8,20H2,(H,21,24)(H,22,23)/t14-/m0/s1. The van der Waals surface area contributed by atoms with Gasteiger partial charge in [0.2, 0.25) is 0 Å². The molecule has 2 aromatic heterocycles. The van der Waals surface area contributed by atoms with E-state index < -0.39 is 0 Å². The van der Waals surface area contributed by atoms with Crippen LogP contribution in [0.1, 0.15) is 17.4 Å². The molecule has 6 heteroatoms. The molecule has 0 radical (unpaired) electrons. The predicted octanol–water partition coefficient (Wildman–Crippen LogP) is 3.85. The highest BCUT2D eigenvalue weighted by Crippen LogP contribution is 2.29. The summed E-state index contributed by atoms with van der Waals surface area (Å²) in [5, 5.41) is 8.53. The lowest BCUT2D eigenvalue weighted by atomic mass is 10.1.